The molecule has 0 bridgehead atoms. The molecule has 3 rings (SSSR count). The van der Waals surface area contributed by atoms with Gasteiger partial charge in [0.15, 0.2) is 11.5 Å². The van der Waals surface area contributed by atoms with Gasteiger partial charge in [0, 0.05) is 19.0 Å². The molecule has 0 spiro atoms. The molecule has 0 saturated carbocycles. The van der Waals surface area contributed by atoms with E-state index in [0.717, 1.165) is 4.88 Å². The van der Waals surface area contributed by atoms with Crippen molar-refractivity contribution < 1.29 is 14.4 Å². The normalized spacial score (nSPS) is 19.8. The van der Waals surface area contributed by atoms with E-state index in [1.807, 2.05) is 0 Å². The summed E-state index contributed by atoms with van der Waals surface area (Å²) in [5.74, 6) is 0.366. The summed E-state index contributed by atoms with van der Waals surface area (Å²) in [6.07, 6.45) is 1.50. The van der Waals surface area contributed by atoms with Crippen LogP contribution in [0.25, 0.3) is 10.6 Å². The molecule has 0 aromatic carbocycles. The van der Waals surface area contributed by atoms with Crippen LogP contribution in [0.2, 0.25) is 0 Å². The van der Waals surface area contributed by atoms with Crippen LogP contribution in [-0.4, -0.2) is 27.1 Å². The van der Waals surface area contributed by atoms with Crippen LogP contribution >= 0.6 is 11.3 Å². The quantitative estimate of drug-likeness (QED) is 0.807. The maximum Gasteiger partial charge on any atom is 0.171 e. The highest BCUT2D eigenvalue weighted by Crippen LogP contribution is 2.32. The number of carbonyl (C=O) groups excluding carboxylic acids is 1. The molecular formula is C10H8N2O3S. The van der Waals surface area contributed by atoms with Crippen molar-refractivity contribution in [3.05, 3.63) is 23.0 Å². The molecule has 0 fully saturated rings. The van der Waals surface area contributed by atoms with Gasteiger partial charge >= 0.3 is 0 Å². The van der Waals surface area contributed by atoms with Crippen LogP contribution in [0, 0.1) is 0 Å². The first-order chi connectivity index (χ1) is 7.75. The number of Topliss-reactive ketones (excluding diaryl/α,β-unsaturated/α-hetero) is 1. The number of aromatic nitrogens is 2. The zero-order valence-corrected chi connectivity index (χ0v) is 9.03. The Morgan fingerprint density at radius 1 is 1.50 bits per heavy atom. The van der Waals surface area contributed by atoms with E-state index in [2.05, 4.69) is 10.1 Å². The van der Waals surface area contributed by atoms with E-state index >= 15 is 0 Å². The minimum absolute atomic E-state index is 0.113. The molecule has 0 amide bonds. The van der Waals surface area contributed by atoms with Crippen LogP contribution in [-0.2, 0) is 6.42 Å². The summed E-state index contributed by atoms with van der Waals surface area (Å²) >= 11 is 1.41. The topological polar surface area (TPSA) is 76.2 Å². The van der Waals surface area contributed by atoms with Gasteiger partial charge in [0.1, 0.15) is 5.69 Å². The molecule has 1 aliphatic rings. The van der Waals surface area contributed by atoms with E-state index in [0.29, 0.717) is 23.4 Å². The van der Waals surface area contributed by atoms with Crippen LogP contribution in [0.15, 0.2) is 16.2 Å². The molecule has 82 valence electrons. The first-order valence-electron chi connectivity index (χ1n) is 4.84. The zero-order valence-electron chi connectivity index (χ0n) is 8.21. The Labute approximate surface area is 94.7 Å². The van der Waals surface area contributed by atoms with E-state index in [9.17, 15) is 9.90 Å². The fraction of sp³-hybridized carbons (Fsp3) is 0.300. The molecule has 1 atom stereocenters. The molecule has 6 heteroatoms. The first-order valence-corrected chi connectivity index (χ1v) is 5.72. The molecular weight excluding hydrogens is 228 g/mol. The summed E-state index contributed by atoms with van der Waals surface area (Å²) in [6, 6.07) is 0. The third-order valence-electron chi connectivity index (χ3n) is 2.55. The maximum absolute atomic E-state index is 11.8. The smallest absolute Gasteiger partial charge is 0.171 e. The van der Waals surface area contributed by atoms with Crippen molar-refractivity contribution in [1.82, 2.24) is 10.1 Å². The highest BCUT2D eigenvalue weighted by molar-refractivity contribution is 7.13. The number of fused-ring (bicyclic) bond motifs is 1. The summed E-state index contributed by atoms with van der Waals surface area (Å²) in [6.45, 7) is 0. The van der Waals surface area contributed by atoms with Gasteiger partial charge in [0.25, 0.3) is 0 Å². The Balaban J connectivity index is 2.14. The third-order valence-corrected chi connectivity index (χ3v) is 3.33. The van der Waals surface area contributed by atoms with Crippen LogP contribution in [0.3, 0.4) is 0 Å². The van der Waals surface area contributed by atoms with E-state index < -0.39 is 6.10 Å². The number of nitrogens with zero attached hydrogens (tertiary/aromatic N) is 2. The maximum atomic E-state index is 11.8. The number of aliphatic hydroxyl groups excluding tert-OH is 1. The van der Waals surface area contributed by atoms with Gasteiger partial charge in [-0.3, -0.25) is 9.78 Å². The first kappa shape index (κ1) is 9.68. The molecule has 0 aliphatic heterocycles. The molecule has 2 aromatic heterocycles. The van der Waals surface area contributed by atoms with Gasteiger partial charge in [0.2, 0.25) is 0 Å². The number of hydrogen-bond donors (Lipinski definition) is 1. The van der Waals surface area contributed by atoms with E-state index in [1.54, 1.807) is 11.7 Å². The average molecular weight is 236 g/mol. The van der Waals surface area contributed by atoms with Crippen molar-refractivity contribution in [1.29, 1.82) is 0 Å². The third kappa shape index (κ3) is 1.38. The zero-order chi connectivity index (χ0) is 11.1. The van der Waals surface area contributed by atoms with E-state index in [4.69, 9.17) is 4.52 Å². The lowest BCUT2D eigenvalue weighted by Gasteiger charge is -2.13. The number of aliphatic hydroxyl groups is 1. The van der Waals surface area contributed by atoms with Gasteiger partial charge in [0.05, 0.1) is 22.1 Å². The second kappa shape index (κ2) is 3.50. The Hall–Kier alpha value is -1.53. The highest BCUT2D eigenvalue weighted by atomic mass is 32.1. The van der Waals surface area contributed by atoms with E-state index in [-0.39, 0.29) is 12.2 Å². The largest absolute Gasteiger partial charge is 0.392 e. The molecule has 16 heavy (non-hydrogen) atoms. The van der Waals surface area contributed by atoms with Crippen LogP contribution in [0.4, 0.5) is 0 Å². The summed E-state index contributed by atoms with van der Waals surface area (Å²) in [4.78, 5) is 16.6. The Kier molecular flexibility index (Phi) is 2.12. The van der Waals surface area contributed by atoms with Gasteiger partial charge in [-0.1, -0.05) is 5.16 Å². The van der Waals surface area contributed by atoms with Crippen LogP contribution in [0.5, 0.6) is 0 Å². The molecule has 1 aliphatic carbocycles. The molecule has 0 saturated heterocycles. The molecule has 1 unspecified atom stereocenters. The van der Waals surface area contributed by atoms with Gasteiger partial charge in [-0.15, -0.1) is 11.3 Å². The standard InChI is InChI=1S/C10H8N2O3S/c13-5-1-6(14)9-7(2-5)15-12-10(9)8-3-11-4-16-8/h3-5,13H,1-2H2. The fourth-order valence-corrected chi connectivity index (χ4v) is 2.46. The Morgan fingerprint density at radius 2 is 2.38 bits per heavy atom. The minimum Gasteiger partial charge on any atom is -0.392 e. The summed E-state index contributed by atoms with van der Waals surface area (Å²) in [5.41, 5.74) is 2.74. The second-order valence-electron chi connectivity index (χ2n) is 3.68. The van der Waals surface area contributed by atoms with Gasteiger partial charge in [-0.2, -0.15) is 0 Å². The van der Waals surface area contributed by atoms with Crippen molar-refractivity contribution >= 4 is 17.1 Å². The van der Waals surface area contributed by atoms with Crippen molar-refractivity contribution in [2.45, 2.75) is 18.9 Å². The number of carbonyl (C=O) groups is 1. The van der Waals surface area contributed by atoms with Crippen LogP contribution in [0.1, 0.15) is 22.5 Å². The number of ketones is 1. The summed E-state index contributed by atoms with van der Waals surface area (Å²) in [5, 5.41) is 13.3. The summed E-state index contributed by atoms with van der Waals surface area (Å²) < 4.78 is 5.10. The monoisotopic (exact) mass is 236 g/mol. The molecule has 1 N–H and O–H groups in total. The highest BCUT2D eigenvalue weighted by Gasteiger charge is 2.31. The SMILES string of the molecule is O=C1CC(O)Cc2onc(-c3cncs3)c21. The van der Waals surface area contributed by atoms with Gasteiger partial charge in [-0.05, 0) is 0 Å². The number of thiazole rings is 1. The summed E-state index contributed by atoms with van der Waals surface area (Å²) in [7, 11) is 0. The van der Waals surface area contributed by atoms with Gasteiger partial charge < -0.3 is 9.63 Å². The van der Waals surface area contributed by atoms with Crippen molar-refractivity contribution in [2.75, 3.05) is 0 Å². The van der Waals surface area contributed by atoms with E-state index in [1.165, 1.54) is 11.3 Å². The fourth-order valence-electron chi connectivity index (χ4n) is 1.85. The Morgan fingerprint density at radius 3 is 3.12 bits per heavy atom. The Bertz CT molecular complexity index is 532. The molecule has 2 aromatic rings. The number of hydrogen-bond acceptors (Lipinski definition) is 6. The molecule has 0 radical (unpaired) electrons. The lowest BCUT2D eigenvalue weighted by molar-refractivity contribution is 0.0835. The predicted octanol–water partition coefficient (Wildman–Crippen LogP) is 1.29. The lowest BCUT2D eigenvalue weighted by Crippen LogP contribution is -2.23. The average Bonchev–Trinajstić information content (AvgIpc) is 2.82. The minimum atomic E-state index is -0.651. The lowest BCUT2D eigenvalue weighted by atomic mass is 9.93. The van der Waals surface area contributed by atoms with Gasteiger partial charge in [-0.25, -0.2) is 0 Å². The molecule has 5 nitrogen and oxygen atoms in total. The predicted molar refractivity (Wildman–Crippen MR) is 56.3 cm³/mol. The van der Waals surface area contributed by atoms with Crippen LogP contribution < -0.4 is 0 Å². The van der Waals surface area contributed by atoms with Crippen molar-refractivity contribution in [2.24, 2.45) is 0 Å². The van der Waals surface area contributed by atoms with Crippen molar-refractivity contribution in [3.8, 4) is 10.6 Å². The molecule has 2 heterocycles. The van der Waals surface area contributed by atoms with Crippen molar-refractivity contribution in [3.63, 3.8) is 0 Å². The number of rotatable bonds is 1. The second-order valence-corrected chi connectivity index (χ2v) is 4.57.